The molecule has 3 rings (SSSR count). The largest absolute Gasteiger partial charge is 0.396 e. The second-order valence-electron chi connectivity index (χ2n) is 6.40. The summed E-state index contributed by atoms with van der Waals surface area (Å²) in [7, 11) is 1.88. The number of benzodiazepines with no additional fused rings is 1. The van der Waals surface area contributed by atoms with Gasteiger partial charge >= 0.3 is 0 Å². The molecule has 3 N–H and O–H groups in total. The van der Waals surface area contributed by atoms with E-state index < -0.39 is 0 Å². The average molecular weight is 401 g/mol. The Bertz CT molecular complexity index is 930. The molecule has 0 aromatic heterocycles. The smallest absolute Gasteiger partial charge is 0.246 e. The maximum atomic E-state index is 12.0. The molecule has 0 saturated heterocycles. The molecule has 7 nitrogen and oxygen atoms in total. The second-order valence-corrected chi connectivity index (χ2v) is 6.83. The van der Waals surface area contributed by atoms with E-state index in [0.29, 0.717) is 41.5 Å². The van der Waals surface area contributed by atoms with Crippen molar-refractivity contribution in [2.75, 3.05) is 42.3 Å². The number of halogens is 1. The van der Waals surface area contributed by atoms with Crippen LogP contribution in [-0.2, 0) is 9.59 Å². The minimum Gasteiger partial charge on any atom is -0.396 e. The number of carbonyl (C=O) groups is 2. The van der Waals surface area contributed by atoms with E-state index >= 15 is 0 Å². The monoisotopic (exact) mass is 400 g/mol. The van der Waals surface area contributed by atoms with Crippen LogP contribution >= 0.6 is 11.6 Å². The first kappa shape index (κ1) is 19.9. The highest BCUT2D eigenvalue weighted by atomic mass is 35.5. The van der Waals surface area contributed by atoms with Gasteiger partial charge in [0.15, 0.2) is 0 Å². The molecule has 2 aromatic rings. The average Bonchev–Trinajstić information content (AvgIpc) is 2.85. The lowest BCUT2D eigenvalue weighted by Crippen LogP contribution is -2.21. The van der Waals surface area contributed by atoms with E-state index in [1.54, 1.807) is 24.3 Å². The van der Waals surface area contributed by atoms with Gasteiger partial charge in [0.1, 0.15) is 6.54 Å². The molecule has 0 bridgehead atoms. The van der Waals surface area contributed by atoms with Crippen molar-refractivity contribution in [3.05, 3.63) is 52.5 Å². The first-order valence-corrected chi connectivity index (χ1v) is 9.22. The number of hydrogen-bond donors (Lipinski definition) is 3. The second kappa shape index (κ2) is 8.86. The van der Waals surface area contributed by atoms with E-state index in [1.165, 1.54) is 0 Å². The molecule has 1 aliphatic rings. The van der Waals surface area contributed by atoms with Gasteiger partial charge in [-0.3, -0.25) is 14.6 Å². The third kappa shape index (κ3) is 4.32. The van der Waals surface area contributed by atoms with Crippen molar-refractivity contribution in [1.82, 2.24) is 0 Å². The van der Waals surface area contributed by atoms with Crippen molar-refractivity contribution in [1.29, 1.82) is 0 Å². The van der Waals surface area contributed by atoms with Crippen molar-refractivity contribution < 1.29 is 14.7 Å². The minimum atomic E-state index is -0.196. The Hall–Kier alpha value is -2.90. The number of aliphatic hydroxyl groups is 1. The summed E-state index contributed by atoms with van der Waals surface area (Å²) < 4.78 is 0. The quantitative estimate of drug-likeness (QED) is 0.622. The van der Waals surface area contributed by atoms with Crippen molar-refractivity contribution in [3.63, 3.8) is 0 Å². The Morgan fingerprint density at radius 1 is 1.32 bits per heavy atom. The summed E-state index contributed by atoms with van der Waals surface area (Å²) in [5.74, 6) is -0.196. The molecular weight excluding hydrogens is 380 g/mol. The van der Waals surface area contributed by atoms with Crippen molar-refractivity contribution >= 4 is 46.7 Å². The summed E-state index contributed by atoms with van der Waals surface area (Å²) in [4.78, 5) is 29.4. The molecule has 28 heavy (non-hydrogen) atoms. The lowest BCUT2D eigenvalue weighted by Gasteiger charge is -2.23. The van der Waals surface area contributed by atoms with Crippen LogP contribution in [0.3, 0.4) is 0 Å². The van der Waals surface area contributed by atoms with Crippen molar-refractivity contribution in [2.24, 2.45) is 4.99 Å². The number of benzene rings is 2. The predicted molar refractivity (Wildman–Crippen MR) is 112 cm³/mol. The van der Waals surface area contributed by atoms with E-state index in [4.69, 9.17) is 16.7 Å². The van der Waals surface area contributed by atoms with E-state index in [-0.39, 0.29) is 19.1 Å². The van der Waals surface area contributed by atoms with E-state index in [2.05, 4.69) is 15.6 Å². The van der Waals surface area contributed by atoms with Gasteiger partial charge in [-0.25, -0.2) is 0 Å². The molecule has 0 radical (unpaired) electrons. The fourth-order valence-electron chi connectivity index (χ4n) is 3.10. The molecule has 146 valence electrons. The molecule has 0 aliphatic carbocycles. The molecular formula is C20H21ClN4O3. The van der Waals surface area contributed by atoms with Crippen LogP contribution in [0, 0.1) is 0 Å². The molecule has 1 aliphatic heterocycles. The molecule has 0 spiro atoms. The summed E-state index contributed by atoms with van der Waals surface area (Å²) in [6.07, 6.45) is 1.22. The Kier molecular flexibility index (Phi) is 6.28. The maximum Gasteiger partial charge on any atom is 0.246 e. The molecule has 2 amide bonds. The first-order valence-electron chi connectivity index (χ1n) is 8.84. The van der Waals surface area contributed by atoms with Gasteiger partial charge in [-0.05, 0) is 36.8 Å². The first-order chi connectivity index (χ1) is 13.5. The lowest BCUT2D eigenvalue weighted by molar-refractivity contribution is -0.114. The number of aliphatic hydroxyl groups excluding tert-OH is 1. The fraction of sp³-hybridized carbons (Fsp3) is 0.250. The normalized spacial score (nSPS) is 13.1. The number of nitrogens with one attached hydrogen (secondary N) is 2. The highest BCUT2D eigenvalue weighted by molar-refractivity contribution is 6.32. The van der Waals surface area contributed by atoms with Gasteiger partial charge in [-0.15, -0.1) is 0 Å². The third-order valence-corrected chi connectivity index (χ3v) is 4.68. The van der Waals surface area contributed by atoms with Gasteiger partial charge < -0.3 is 20.6 Å². The third-order valence-electron chi connectivity index (χ3n) is 4.44. The van der Waals surface area contributed by atoms with Crippen molar-refractivity contribution in [2.45, 2.75) is 6.42 Å². The van der Waals surface area contributed by atoms with Crippen LogP contribution in [0.15, 0.2) is 41.4 Å². The molecule has 2 aromatic carbocycles. The Morgan fingerprint density at radius 2 is 2.14 bits per heavy atom. The van der Waals surface area contributed by atoms with Crippen LogP contribution in [0.4, 0.5) is 17.1 Å². The lowest BCUT2D eigenvalue weighted by atomic mass is 9.99. The van der Waals surface area contributed by atoms with E-state index in [0.717, 1.165) is 16.8 Å². The number of hydrogen-bond acceptors (Lipinski definition) is 5. The zero-order valence-corrected chi connectivity index (χ0v) is 16.2. The zero-order valence-electron chi connectivity index (χ0n) is 15.4. The number of carbonyl (C=O) groups excluding carboxylic acids is 2. The number of nitrogens with zero attached hydrogens (tertiary/aromatic N) is 2. The summed E-state index contributed by atoms with van der Waals surface area (Å²) in [5, 5.41) is 15.2. The van der Waals surface area contributed by atoms with Crippen LogP contribution in [0.2, 0.25) is 5.02 Å². The van der Waals surface area contributed by atoms with Crippen molar-refractivity contribution in [3.8, 4) is 0 Å². The number of aliphatic imine (C=N–C) groups is 1. The van der Waals surface area contributed by atoms with E-state index in [9.17, 15) is 9.59 Å². The summed E-state index contributed by atoms with van der Waals surface area (Å²) in [6.45, 7) is 0.695. The topological polar surface area (TPSA) is 94.0 Å². The Balaban J connectivity index is 2.09. The Morgan fingerprint density at radius 3 is 2.89 bits per heavy atom. The van der Waals surface area contributed by atoms with Gasteiger partial charge in [0, 0.05) is 36.3 Å². The highest BCUT2D eigenvalue weighted by Crippen LogP contribution is 2.31. The maximum absolute atomic E-state index is 12.0. The molecule has 1 heterocycles. The highest BCUT2D eigenvalue weighted by Gasteiger charge is 2.20. The SMILES string of the molecule is CN(CCCO)c1cc(C2=NCC(=O)Nc3ccc(Cl)cc32)ccc1NC=O. The summed E-state index contributed by atoms with van der Waals surface area (Å²) in [6, 6.07) is 10.8. The van der Waals surface area contributed by atoms with Gasteiger partial charge in [0.05, 0.1) is 22.8 Å². The summed E-state index contributed by atoms with van der Waals surface area (Å²) >= 11 is 6.18. The molecule has 0 unspecified atom stereocenters. The summed E-state index contributed by atoms with van der Waals surface area (Å²) in [5.41, 5.74) is 4.25. The van der Waals surface area contributed by atoms with Crippen LogP contribution in [0.5, 0.6) is 0 Å². The number of amides is 2. The van der Waals surface area contributed by atoms with Gasteiger partial charge in [-0.2, -0.15) is 0 Å². The molecule has 8 heteroatoms. The standard InChI is InChI=1S/C20H21ClN4O3/c1-25(7-2-8-26)18-9-13(3-5-17(18)23-12-27)20-15-10-14(21)4-6-16(15)24-19(28)11-22-20/h3-6,9-10,12,26H,2,7-8,11H2,1H3,(H,23,27)(H,24,28). The van der Waals surface area contributed by atoms with Crippen LogP contribution in [0.1, 0.15) is 17.5 Å². The molecule has 0 fully saturated rings. The number of fused-ring (bicyclic) bond motifs is 1. The van der Waals surface area contributed by atoms with Crippen LogP contribution in [0.25, 0.3) is 0 Å². The molecule has 0 saturated carbocycles. The molecule has 0 atom stereocenters. The fourth-order valence-corrected chi connectivity index (χ4v) is 3.27. The van der Waals surface area contributed by atoms with Gasteiger partial charge in [-0.1, -0.05) is 17.7 Å². The Labute approximate surface area is 168 Å². The minimum absolute atomic E-state index is 0.00561. The predicted octanol–water partition coefficient (Wildman–Crippen LogP) is 2.52. The van der Waals surface area contributed by atoms with E-state index in [1.807, 2.05) is 24.1 Å². The van der Waals surface area contributed by atoms with Gasteiger partial charge in [0.25, 0.3) is 0 Å². The number of anilines is 3. The number of rotatable bonds is 7. The van der Waals surface area contributed by atoms with Crippen LogP contribution < -0.4 is 15.5 Å². The zero-order chi connectivity index (χ0) is 20.1. The van der Waals surface area contributed by atoms with Crippen LogP contribution in [-0.4, -0.2) is 49.9 Å². The van der Waals surface area contributed by atoms with Gasteiger partial charge in [0.2, 0.25) is 12.3 Å².